The van der Waals surface area contributed by atoms with E-state index in [9.17, 15) is 4.79 Å². The Bertz CT molecular complexity index is 845. The highest BCUT2D eigenvalue weighted by atomic mass is 35.5. The lowest BCUT2D eigenvalue weighted by atomic mass is 10.2. The maximum atomic E-state index is 12.4. The van der Waals surface area contributed by atoms with Crippen molar-refractivity contribution in [3.05, 3.63) is 76.8 Å². The predicted molar refractivity (Wildman–Crippen MR) is 93.6 cm³/mol. The Morgan fingerprint density at radius 1 is 1.25 bits per heavy atom. The van der Waals surface area contributed by atoms with Crippen LogP contribution in [-0.2, 0) is 6.42 Å². The Morgan fingerprint density at radius 3 is 2.88 bits per heavy atom. The van der Waals surface area contributed by atoms with Crippen LogP contribution in [0, 0.1) is 6.92 Å². The average molecular weight is 341 g/mol. The monoisotopic (exact) mass is 340 g/mol. The van der Waals surface area contributed by atoms with Crippen molar-refractivity contribution >= 4 is 17.5 Å². The molecule has 0 saturated carbocycles. The zero-order chi connectivity index (χ0) is 16.9. The van der Waals surface area contributed by atoms with E-state index < -0.39 is 0 Å². The predicted octanol–water partition coefficient (Wildman–Crippen LogP) is 3.20. The molecule has 1 N–H and O–H groups in total. The minimum Gasteiger partial charge on any atom is -0.352 e. The zero-order valence-corrected chi connectivity index (χ0v) is 14.0. The number of nitrogens with one attached hydrogen (secondary N) is 1. The summed E-state index contributed by atoms with van der Waals surface area (Å²) in [5, 5.41) is 7.85. The van der Waals surface area contributed by atoms with Crippen molar-refractivity contribution in [2.24, 2.45) is 0 Å². The summed E-state index contributed by atoms with van der Waals surface area (Å²) >= 11 is 6.02. The number of hydrogen-bond acceptors (Lipinski definition) is 3. The number of rotatable bonds is 5. The van der Waals surface area contributed by atoms with Crippen LogP contribution in [-0.4, -0.2) is 27.2 Å². The average Bonchev–Trinajstić information content (AvgIpc) is 2.97. The number of carbonyl (C=O) groups excluding carboxylic acids is 1. The molecule has 0 aliphatic heterocycles. The Kier molecular flexibility index (Phi) is 4.91. The quantitative estimate of drug-likeness (QED) is 0.776. The van der Waals surface area contributed by atoms with Crippen LogP contribution in [0.2, 0.25) is 5.02 Å². The molecular weight excluding hydrogens is 324 g/mol. The van der Waals surface area contributed by atoms with Gasteiger partial charge in [-0.25, -0.2) is 4.68 Å². The van der Waals surface area contributed by atoms with Crippen LogP contribution in [0.5, 0.6) is 0 Å². The highest BCUT2D eigenvalue weighted by Crippen LogP contribution is 2.17. The van der Waals surface area contributed by atoms with E-state index in [2.05, 4.69) is 15.4 Å². The molecular formula is C18H17ClN4O. The number of hydrogen-bond donors (Lipinski definition) is 1. The van der Waals surface area contributed by atoms with Crippen LogP contribution in [0.15, 0.2) is 55.0 Å². The summed E-state index contributed by atoms with van der Waals surface area (Å²) in [6.45, 7) is 2.41. The molecule has 24 heavy (non-hydrogen) atoms. The van der Waals surface area contributed by atoms with Crippen LogP contribution in [0.4, 0.5) is 0 Å². The number of pyridine rings is 1. The van der Waals surface area contributed by atoms with Crippen molar-refractivity contribution in [3.63, 3.8) is 0 Å². The van der Waals surface area contributed by atoms with Gasteiger partial charge in [-0.1, -0.05) is 23.7 Å². The summed E-state index contributed by atoms with van der Waals surface area (Å²) in [6, 6.07) is 11.2. The van der Waals surface area contributed by atoms with E-state index in [4.69, 9.17) is 11.6 Å². The van der Waals surface area contributed by atoms with Crippen LogP contribution < -0.4 is 5.32 Å². The van der Waals surface area contributed by atoms with Gasteiger partial charge in [-0.05, 0) is 43.2 Å². The summed E-state index contributed by atoms with van der Waals surface area (Å²) in [5.41, 5.74) is 3.25. The molecule has 0 atom stereocenters. The SMILES string of the molecule is Cc1c(C(=O)NCCc2cccnc2)cnn1-c1cccc(Cl)c1. The molecule has 0 radical (unpaired) electrons. The molecule has 5 nitrogen and oxygen atoms in total. The van der Waals surface area contributed by atoms with E-state index in [1.165, 1.54) is 0 Å². The van der Waals surface area contributed by atoms with Gasteiger partial charge in [0, 0.05) is 24.0 Å². The topological polar surface area (TPSA) is 59.8 Å². The fraction of sp³-hybridized carbons (Fsp3) is 0.167. The van der Waals surface area contributed by atoms with E-state index in [-0.39, 0.29) is 5.91 Å². The number of carbonyl (C=O) groups is 1. The lowest BCUT2D eigenvalue weighted by Crippen LogP contribution is -2.26. The molecule has 1 amide bonds. The lowest BCUT2D eigenvalue weighted by molar-refractivity contribution is 0.0953. The van der Waals surface area contributed by atoms with E-state index >= 15 is 0 Å². The smallest absolute Gasteiger partial charge is 0.254 e. The molecule has 3 aromatic rings. The van der Waals surface area contributed by atoms with Gasteiger partial charge < -0.3 is 5.32 Å². The standard InChI is InChI=1S/C18H17ClN4O/c1-13-17(12-22-23(13)16-6-2-5-15(19)10-16)18(24)21-9-7-14-4-3-8-20-11-14/h2-6,8,10-12H,7,9H2,1H3,(H,21,24). The molecule has 2 aromatic heterocycles. The fourth-order valence-corrected chi connectivity index (χ4v) is 2.65. The second-order valence-corrected chi connectivity index (χ2v) is 5.84. The number of benzene rings is 1. The first kappa shape index (κ1) is 16.2. The third kappa shape index (κ3) is 3.63. The van der Waals surface area contributed by atoms with Crippen molar-refractivity contribution in [3.8, 4) is 5.69 Å². The molecule has 6 heteroatoms. The molecule has 0 saturated heterocycles. The van der Waals surface area contributed by atoms with E-state index in [0.717, 1.165) is 23.4 Å². The Hall–Kier alpha value is -2.66. The van der Waals surface area contributed by atoms with Gasteiger partial charge in [-0.2, -0.15) is 5.10 Å². The summed E-state index contributed by atoms with van der Waals surface area (Å²) in [5.74, 6) is -0.135. The highest BCUT2D eigenvalue weighted by molar-refractivity contribution is 6.30. The first-order valence-corrected chi connectivity index (χ1v) is 8.00. The summed E-state index contributed by atoms with van der Waals surface area (Å²) in [6.07, 6.45) is 5.85. The summed E-state index contributed by atoms with van der Waals surface area (Å²) in [7, 11) is 0. The fourth-order valence-electron chi connectivity index (χ4n) is 2.46. The number of halogens is 1. The van der Waals surface area contributed by atoms with Gasteiger partial charge in [0.1, 0.15) is 0 Å². The number of amides is 1. The van der Waals surface area contributed by atoms with Crippen molar-refractivity contribution in [2.75, 3.05) is 6.54 Å². The van der Waals surface area contributed by atoms with Gasteiger partial charge in [0.05, 0.1) is 23.1 Å². The maximum Gasteiger partial charge on any atom is 0.254 e. The van der Waals surface area contributed by atoms with Crippen LogP contribution in [0.1, 0.15) is 21.6 Å². The van der Waals surface area contributed by atoms with Crippen molar-refractivity contribution in [1.82, 2.24) is 20.1 Å². The first-order valence-electron chi connectivity index (χ1n) is 7.63. The van der Waals surface area contributed by atoms with Crippen molar-refractivity contribution in [1.29, 1.82) is 0 Å². The Balaban J connectivity index is 1.68. The maximum absolute atomic E-state index is 12.4. The van der Waals surface area contributed by atoms with Gasteiger partial charge in [0.25, 0.3) is 5.91 Å². The first-order chi connectivity index (χ1) is 11.6. The minimum atomic E-state index is -0.135. The van der Waals surface area contributed by atoms with Crippen molar-refractivity contribution < 1.29 is 4.79 Å². The molecule has 1 aromatic carbocycles. The third-order valence-electron chi connectivity index (χ3n) is 3.73. The van der Waals surface area contributed by atoms with E-state index in [0.29, 0.717) is 17.1 Å². The normalized spacial score (nSPS) is 10.6. The van der Waals surface area contributed by atoms with Gasteiger partial charge in [-0.15, -0.1) is 0 Å². The molecule has 0 bridgehead atoms. The molecule has 0 aliphatic rings. The van der Waals surface area contributed by atoms with Gasteiger partial charge in [-0.3, -0.25) is 9.78 Å². The van der Waals surface area contributed by atoms with Gasteiger partial charge in [0.15, 0.2) is 0 Å². The van der Waals surface area contributed by atoms with Crippen LogP contribution >= 0.6 is 11.6 Å². The Morgan fingerprint density at radius 2 is 2.12 bits per heavy atom. The summed E-state index contributed by atoms with van der Waals surface area (Å²) in [4.78, 5) is 16.4. The molecule has 122 valence electrons. The second-order valence-electron chi connectivity index (χ2n) is 5.40. The molecule has 0 spiro atoms. The second kappa shape index (κ2) is 7.27. The third-order valence-corrected chi connectivity index (χ3v) is 3.96. The minimum absolute atomic E-state index is 0.135. The molecule has 0 unspecified atom stereocenters. The lowest BCUT2D eigenvalue weighted by Gasteiger charge is -2.07. The van der Waals surface area contributed by atoms with Crippen molar-refractivity contribution in [2.45, 2.75) is 13.3 Å². The van der Waals surface area contributed by atoms with Crippen LogP contribution in [0.25, 0.3) is 5.69 Å². The van der Waals surface area contributed by atoms with Gasteiger partial charge >= 0.3 is 0 Å². The van der Waals surface area contributed by atoms with E-state index in [1.807, 2.05) is 37.3 Å². The highest BCUT2D eigenvalue weighted by Gasteiger charge is 2.14. The van der Waals surface area contributed by atoms with E-state index in [1.54, 1.807) is 29.3 Å². The molecule has 3 rings (SSSR count). The largest absolute Gasteiger partial charge is 0.352 e. The Labute approximate surface area is 145 Å². The number of nitrogens with zero attached hydrogens (tertiary/aromatic N) is 3. The molecule has 0 aliphatic carbocycles. The van der Waals surface area contributed by atoms with Crippen LogP contribution in [0.3, 0.4) is 0 Å². The summed E-state index contributed by atoms with van der Waals surface area (Å²) < 4.78 is 1.71. The molecule has 2 heterocycles. The number of aromatic nitrogens is 3. The zero-order valence-electron chi connectivity index (χ0n) is 13.2. The molecule has 0 fully saturated rings. The van der Waals surface area contributed by atoms with Gasteiger partial charge in [0.2, 0.25) is 0 Å².